The second-order valence-corrected chi connectivity index (χ2v) is 6.50. The first-order valence-electron chi connectivity index (χ1n) is 6.34. The van der Waals surface area contributed by atoms with E-state index >= 15 is 0 Å². The van der Waals surface area contributed by atoms with E-state index in [0.29, 0.717) is 18.1 Å². The van der Waals surface area contributed by atoms with Crippen molar-refractivity contribution in [3.8, 4) is 0 Å². The predicted octanol–water partition coefficient (Wildman–Crippen LogP) is 0.489. The normalized spacial score (nSPS) is 16.7. The molecular weight excluding hydrogens is 280 g/mol. The third-order valence-electron chi connectivity index (χ3n) is 3.30. The number of rotatable bonds is 6. The summed E-state index contributed by atoms with van der Waals surface area (Å²) in [5, 5.41) is 7.92. The van der Waals surface area contributed by atoms with Crippen LogP contribution in [-0.2, 0) is 14.8 Å². The molecule has 7 heteroatoms. The van der Waals surface area contributed by atoms with Gasteiger partial charge in [0.15, 0.2) is 0 Å². The third kappa shape index (κ3) is 3.78. The number of nitrogens with two attached hydrogens (primary N) is 1. The summed E-state index contributed by atoms with van der Waals surface area (Å²) in [5.74, 6) is 0.238. The Labute approximate surface area is 118 Å². The molecule has 110 valence electrons. The van der Waals surface area contributed by atoms with Gasteiger partial charge < -0.3 is 10.1 Å². The molecule has 1 fully saturated rings. The van der Waals surface area contributed by atoms with Gasteiger partial charge in [0.1, 0.15) is 0 Å². The number of methoxy groups -OCH3 is 1. The smallest absolute Gasteiger partial charge is 0.251 e. The minimum Gasteiger partial charge on any atom is -0.383 e. The number of ether oxygens (including phenoxy) is 1. The first-order valence-corrected chi connectivity index (χ1v) is 7.89. The van der Waals surface area contributed by atoms with Crippen LogP contribution in [-0.4, -0.2) is 34.1 Å². The van der Waals surface area contributed by atoms with Crippen molar-refractivity contribution in [1.82, 2.24) is 5.32 Å². The first kappa shape index (κ1) is 15.0. The summed E-state index contributed by atoms with van der Waals surface area (Å²) < 4.78 is 27.4. The van der Waals surface area contributed by atoms with Crippen LogP contribution in [0.25, 0.3) is 0 Å². The second-order valence-electron chi connectivity index (χ2n) is 4.94. The average Bonchev–Trinajstić information content (AvgIpc) is 3.21. The summed E-state index contributed by atoms with van der Waals surface area (Å²) in [6.07, 6.45) is 2.19. The van der Waals surface area contributed by atoms with Crippen LogP contribution >= 0.6 is 0 Å². The zero-order valence-electron chi connectivity index (χ0n) is 11.2. The number of primary sulfonamides is 1. The molecule has 1 saturated carbocycles. The van der Waals surface area contributed by atoms with Gasteiger partial charge in [-0.1, -0.05) is 0 Å². The van der Waals surface area contributed by atoms with E-state index in [4.69, 9.17) is 9.88 Å². The van der Waals surface area contributed by atoms with Crippen molar-refractivity contribution in [3.05, 3.63) is 29.8 Å². The van der Waals surface area contributed by atoms with Crippen molar-refractivity contribution in [2.24, 2.45) is 11.1 Å². The van der Waals surface area contributed by atoms with Gasteiger partial charge >= 0.3 is 0 Å². The highest BCUT2D eigenvalue weighted by Gasteiger charge is 2.32. The monoisotopic (exact) mass is 298 g/mol. The number of carbonyl (C=O) groups is 1. The maximum absolute atomic E-state index is 12.1. The van der Waals surface area contributed by atoms with E-state index in [0.717, 1.165) is 12.8 Å². The molecular formula is C13H18N2O4S. The zero-order valence-corrected chi connectivity index (χ0v) is 12.0. The quantitative estimate of drug-likeness (QED) is 0.798. The van der Waals surface area contributed by atoms with Gasteiger partial charge in [-0.15, -0.1) is 0 Å². The molecule has 0 aliphatic heterocycles. The van der Waals surface area contributed by atoms with Crippen LogP contribution in [0.4, 0.5) is 0 Å². The van der Waals surface area contributed by atoms with Crippen molar-refractivity contribution in [2.45, 2.75) is 23.8 Å². The molecule has 0 spiro atoms. The summed E-state index contributed by atoms with van der Waals surface area (Å²) in [4.78, 5) is 12.1. The summed E-state index contributed by atoms with van der Waals surface area (Å²) in [7, 11) is -2.13. The van der Waals surface area contributed by atoms with Gasteiger partial charge in [0.25, 0.3) is 5.91 Å². The van der Waals surface area contributed by atoms with Gasteiger partial charge in [0.05, 0.1) is 17.5 Å². The molecule has 0 saturated heterocycles. The Bertz CT molecular complexity index is 579. The van der Waals surface area contributed by atoms with Crippen LogP contribution in [0.1, 0.15) is 23.2 Å². The van der Waals surface area contributed by atoms with E-state index in [1.54, 1.807) is 7.11 Å². The van der Waals surface area contributed by atoms with Gasteiger partial charge in [-0.25, -0.2) is 13.6 Å². The molecule has 6 nitrogen and oxygen atoms in total. The molecule has 2 rings (SSSR count). The Balaban J connectivity index is 2.05. The summed E-state index contributed by atoms with van der Waals surface area (Å²) >= 11 is 0. The Morgan fingerprint density at radius 2 is 2.00 bits per heavy atom. The van der Waals surface area contributed by atoms with Crippen molar-refractivity contribution < 1.29 is 17.9 Å². The third-order valence-corrected chi connectivity index (χ3v) is 4.23. The van der Waals surface area contributed by atoms with E-state index in [1.165, 1.54) is 24.3 Å². The van der Waals surface area contributed by atoms with E-state index in [-0.39, 0.29) is 16.8 Å². The van der Waals surface area contributed by atoms with Crippen LogP contribution in [0.5, 0.6) is 0 Å². The molecule has 0 aromatic heterocycles. The lowest BCUT2D eigenvalue weighted by Gasteiger charge is -2.17. The Kier molecular flexibility index (Phi) is 4.42. The maximum Gasteiger partial charge on any atom is 0.251 e. The van der Waals surface area contributed by atoms with E-state index in [9.17, 15) is 13.2 Å². The predicted molar refractivity (Wildman–Crippen MR) is 73.7 cm³/mol. The standard InChI is InChI=1S/C13H18N2O4S/c1-19-8-12(9-2-3-9)15-13(16)10-4-6-11(7-5-10)20(14,17)18/h4-7,9,12H,2-3,8H2,1H3,(H,15,16)(H2,14,17,18)/t12-/m1/s1. The van der Waals surface area contributed by atoms with E-state index in [2.05, 4.69) is 5.32 Å². The molecule has 0 unspecified atom stereocenters. The fourth-order valence-electron chi connectivity index (χ4n) is 2.02. The van der Waals surface area contributed by atoms with Crippen LogP contribution in [0.2, 0.25) is 0 Å². The number of sulfonamides is 1. The molecule has 20 heavy (non-hydrogen) atoms. The Morgan fingerprint density at radius 3 is 2.45 bits per heavy atom. The number of hydrogen-bond donors (Lipinski definition) is 2. The number of amides is 1. The molecule has 0 radical (unpaired) electrons. The van der Waals surface area contributed by atoms with Crippen LogP contribution in [0, 0.1) is 5.92 Å². The largest absolute Gasteiger partial charge is 0.383 e. The molecule has 1 aromatic rings. The van der Waals surface area contributed by atoms with E-state index in [1.807, 2.05) is 0 Å². The summed E-state index contributed by atoms with van der Waals surface area (Å²) in [5.41, 5.74) is 0.402. The highest BCUT2D eigenvalue weighted by molar-refractivity contribution is 7.89. The molecule has 0 heterocycles. The Hall–Kier alpha value is -1.44. The first-order chi connectivity index (χ1) is 9.41. The molecule has 1 aromatic carbocycles. The van der Waals surface area contributed by atoms with Gasteiger partial charge in [0.2, 0.25) is 10.0 Å². The average molecular weight is 298 g/mol. The lowest BCUT2D eigenvalue weighted by Crippen LogP contribution is -2.39. The summed E-state index contributed by atoms with van der Waals surface area (Å²) in [6.45, 7) is 0.478. The minimum absolute atomic E-state index is 0.00502. The maximum atomic E-state index is 12.1. The molecule has 0 bridgehead atoms. The molecule has 1 atom stereocenters. The van der Waals surface area contributed by atoms with Crippen LogP contribution in [0.3, 0.4) is 0 Å². The fraction of sp³-hybridized carbons (Fsp3) is 0.462. The molecule has 3 N–H and O–H groups in total. The zero-order chi connectivity index (χ0) is 14.8. The minimum atomic E-state index is -3.73. The molecule has 1 aliphatic carbocycles. The van der Waals surface area contributed by atoms with Crippen LogP contribution < -0.4 is 10.5 Å². The highest BCUT2D eigenvalue weighted by Crippen LogP contribution is 2.32. The van der Waals surface area contributed by atoms with Crippen molar-refractivity contribution in [3.63, 3.8) is 0 Å². The van der Waals surface area contributed by atoms with Gasteiger partial charge in [-0.3, -0.25) is 4.79 Å². The highest BCUT2D eigenvalue weighted by atomic mass is 32.2. The second kappa shape index (κ2) is 5.90. The Morgan fingerprint density at radius 1 is 1.40 bits per heavy atom. The lowest BCUT2D eigenvalue weighted by molar-refractivity contribution is 0.0884. The number of benzene rings is 1. The lowest BCUT2D eigenvalue weighted by atomic mass is 10.1. The van der Waals surface area contributed by atoms with E-state index < -0.39 is 10.0 Å². The van der Waals surface area contributed by atoms with Gasteiger partial charge in [-0.2, -0.15) is 0 Å². The van der Waals surface area contributed by atoms with Crippen LogP contribution in [0.15, 0.2) is 29.2 Å². The summed E-state index contributed by atoms with van der Waals surface area (Å²) in [6, 6.07) is 5.56. The van der Waals surface area contributed by atoms with Crippen molar-refractivity contribution >= 4 is 15.9 Å². The van der Waals surface area contributed by atoms with Gasteiger partial charge in [-0.05, 0) is 43.0 Å². The molecule has 1 aliphatic rings. The van der Waals surface area contributed by atoms with Gasteiger partial charge in [0, 0.05) is 12.7 Å². The fourth-order valence-corrected chi connectivity index (χ4v) is 2.54. The number of nitrogens with one attached hydrogen (secondary N) is 1. The van der Waals surface area contributed by atoms with Crippen molar-refractivity contribution in [2.75, 3.05) is 13.7 Å². The van der Waals surface area contributed by atoms with Crippen molar-refractivity contribution in [1.29, 1.82) is 0 Å². The number of carbonyl (C=O) groups excluding carboxylic acids is 1. The topological polar surface area (TPSA) is 98.5 Å². The molecule has 1 amide bonds. The number of hydrogen-bond acceptors (Lipinski definition) is 4. The SMILES string of the molecule is COC[C@@H](NC(=O)c1ccc(S(N)(=O)=O)cc1)C1CC1.